The van der Waals surface area contributed by atoms with Crippen molar-refractivity contribution in [1.82, 2.24) is 19.4 Å². The van der Waals surface area contributed by atoms with E-state index in [2.05, 4.69) is 25.5 Å². The second-order valence-corrected chi connectivity index (χ2v) is 10.6. The summed E-state index contributed by atoms with van der Waals surface area (Å²) in [4.78, 5) is 37.9. The normalized spacial score (nSPS) is 25.8. The Bertz CT molecular complexity index is 1110. The van der Waals surface area contributed by atoms with Crippen LogP contribution in [0.15, 0.2) is 12.5 Å². The molecule has 2 fully saturated rings. The molecular weight excluding hydrogens is 432 g/mol. The van der Waals surface area contributed by atoms with Gasteiger partial charge in [-0.2, -0.15) is 5.26 Å². The van der Waals surface area contributed by atoms with Gasteiger partial charge in [0.25, 0.3) is 0 Å². The Labute approximate surface area is 200 Å². The van der Waals surface area contributed by atoms with Gasteiger partial charge in [-0.1, -0.05) is 6.42 Å². The largest absolute Gasteiger partial charge is 0.444 e. The van der Waals surface area contributed by atoms with E-state index in [0.717, 1.165) is 43.0 Å². The Morgan fingerprint density at radius 3 is 2.65 bits per heavy atom. The predicted molar refractivity (Wildman–Crippen MR) is 129 cm³/mol. The third-order valence-corrected chi connectivity index (χ3v) is 6.85. The predicted octanol–water partition coefficient (Wildman–Crippen LogP) is 4.33. The minimum atomic E-state index is -0.554. The van der Waals surface area contributed by atoms with Crippen molar-refractivity contribution in [2.45, 2.75) is 84.0 Å². The molecule has 182 valence electrons. The Kier molecular flexibility index (Phi) is 6.52. The number of aldehydes is 1. The molecule has 1 amide bonds. The Morgan fingerprint density at radius 1 is 1.21 bits per heavy atom. The van der Waals surface area contributed by atoms with Gasteiger partial charge >= 0.3 is 6.09 Å². The van der Waals surface area contributed by atoms with Crippen LogP contribution in [-0.4, -0.2) is 62.6 Å². The summed E-state index contributed by atoms with van der Waals surface area (Å²) in [6, 6.07) is 2.43. The molecule has 0 N–H and O–H groups in total. The van der Waals surface area contributed by atoms with Crippen LogP contribution in [0.4, 0.5) is 10.6 Å². The number of carbonyl (C=O) groups excluding carboxylic acids is 2. The van der Waals surface area contributed by atoms with Crippen LogP contribution in [0.3, 0.4) is 0 Å². The fraction of sp³-hybridized carbons (Fsp3) is 0.640. The van der Waals surface area contributed by atoms with Gasteiger partial charge in [-0.15, -0.1) is 0 Å². The van der Waals surface area contributed by atoms with E-state index in [9.17, 15) is 14.9 Å². The zero-order valence-electron chi connectivity index (χ0n) is 20.7. The van der Waals surface area contributed by atoms with E-state index in [1.54, 1.807) is 11.2 Å². The molecule has 2 aromatic rings. The fourth-order valence-corrected chi connectivity index (χ4v) is 5.21. The molecule has 4 atom stereocenters. The van der Waals surface area contributed by atoms with Gasteiger partial charge in [0.15, 0.2) is 6.29 Å². The summed E-state index contributed by atoms with van der Waals surface area (Å²) in [5.74, 6) is 0.737. The molecule has 1 saturated carbocycles. The van der Waals surface area contributed by atoms with Crippen molar-refractivity contribution < 1.29 is 14.3 Å². The Morgan fingerprint density at radius 2 is 1.97 bits per heavy atom. The minimum Gasteiger partial charge on any atom is -0.444 e. The van der Waals surface area contributed by atoms with E-state index >= 15 is 0 Å². The fourth-order valence-electron chi connectivity index (χ4n) is 5.21. The number of anilines is 1. The summed E-state index contributed by atoms with van der Waals surface area (Å²) >= 11 is 0. The summed E-state index contributed by atoms with van der Waals surface area (Å²) < 4.78 is 7.67. The lowest BCUT2D eigenvalue weighted by Crippen LogP contribution is -2.59. The first-order chi connectivity index (χ1) is 16.1. The first kappa shape index (κ1) is 24.0. The molecule has 34 heavy (non-hydrogen) atoms. The zero-order valence-corrected chi connectivity index (χ0v) is 20.7. The highest BCUT2D eigenvalue weighted by Gasteiger charge is 2.36. The molecular formula is C25H34N6O3. The molecule has 2 aromatic heterocycles. The minimum absolute atomic E-state index is 0.0256. The number of nitriles is 1. The highest BCUT2D eigenvalue weighted by molar-refractivity contribution is 6.02. The smallest absolute Gasteiger partial charge is 0.410 e. The molecule has 4 unspecified atom stereocenters. The van der Waals surface area contributed by atoms with E-state index in [-0.39, 0.29) is 30.1 Å². The number of hydrogen-bond donors (Lipinski definition) is 0. The average Bonchev–Trinajstić information content (AvgIpc) is 3.18. The van der Waals surface area contributed by atoms with Crippen molar-refractivity contribution in [3.8, 4) is 6.07 Å². The van der Waals surface area contributed by atoms with E-state index in [0.29, 0.717) is 24.5 Å². The van der Waals surface area contributed by atoms with Crippen molar-refractivity contribution >= 4 is 29.2 Å². The first-order valence-corrected chi connectivity index (χ1v) is 12.1. The molecule has 0 bridgehead atoms. The molecule has 1 aliphatic carbocycles. The van der Waals surface area contributed by atoms with Gasteiger partial charge in [-0.25, -0.2) is 14.8 Å². The quantitative estimate of drug-likeness (QED) is 0.620. The highest BCUT2D eigenvalue weighted by Crippen LogP contribution is 2.38. The van der Waals surface area contributed by atoms with Gasteiger partial charge in [0.05, 0.1) is 11.5 Å². The third-order valence-electron chi connectivity index (χ3n) is 6.85. The lowest BCUT2D eigenvalue weighted by molar-refractivity contribution is 0.0130. The second kappa shape index (κ2) is 9.24. The van der Waals surface area contributed by atoms with Crippen molar-refractivity contribution in [2.24, 2.45) is 5.92 Å². The summed E-state index contributed by atoms with van der Waals surface area (Å²) in [5, 5.41) is 10.2. The molecule has 0 radical (unpaired) electrons. The number of rotatable bonds is 3. The van der Waals surface area contributed by atoms with Crippen molar-refractivity contribution in [2.75, 3.05) is 18.0 Å². The van der Waals surface area contributed by atoms with Crippen molar-refractivity contribution in [3.05, 3.63) is 18.1 Å². The van der Waals surface area contributed by atoms with Crippen LogP contribution in [0, 0.1) is 17.2 Å². The number of carbonyl (C=O) groups is 2. The van der Waals surface area contributed by atoms with E-state index in [1.165, 1.54) is 0 Å². The molecule has 4 rings (SSSR count). The monoisotopic (exact) mass is 466 g/mol. The maximum Gasteiger partial charge on any atom is 0.410 e. The number of ether oxygens (including phenoxy) is 1. The maximum atomic E-state index is 12.7. The molecule has 3 heterocycles. The summed E-state index contributed by atoms with van der Waals surface area (Å²) in [6.45, 7) is 10.7. The maximum absolute atomic E-state index is 12.7. The number of nitrogens with zero attached hydrogens (tertiary/aromatic N) is 6. The summed E-state index contributed by atoms with van der Waals surface area (Å²) in [6.07, 6.45) is 7.59. The number of piperazine rings is 1. The van der Waals surface area contributed by atoms with Gasteiger partial charge in [0, 0.05) is 48.9 Å². The topological polar surface area (TPSA) is 104 Å². The van der Waals surface area contributed by atoms with E-state index in [1.807, 2.05) is 40.8 Å². The Balaban J connectivity index is 1.66. The number of aromatic nitrogens is 3. The van der Waals surface area contributed by atoms with Crippen LogP contribution in [0.2, 0.25) is 0 Å². The molecule has 0 spiro atoms. The van der Waals surface area contributed by atoms with Gasteiger partial charge in [-0.05, 0) is 53.9 Å². The third kappa shape index (κ3) is 4.59. The van der Waals surface area contributed by atoms with Gasteiger partial charge in [-0.3, -0.25) is 4.79 Å². The lowest BCUT2D eigenvalue weighted by Gasteiger charge is -2.44. The molecule has 2 aliphatic rings. The molecule has 9 heteroatoms. The van der Waals surface area contributed by atoms with Gasteiger partial charge < -0.3 is 19.1 Å². The molecule has 9 nitrogen and oxygen atoms in total. The first-order valence-electron chi connectivity index (χ1n) is 12.1. The van der Waals surface area contributed by atoms with Crippen LogP contribution in [0.25, 0.3) is 11.0 Å². The van der Waals surface area contributed by atoms with Crippen molar-refractivity contribution in [3.63, 3.8) is 0 Å². The highest BCUT2D eigenvalue weighted by atomic mass is 16.6. The SMILES string of the molecule is CC1CN(c2ncnc3c2c(C=O)cn3C2CCCC(C#N)C2)C(C)CN1C(=O)OC(C)(C)C. The lowest BCUT2D eigenvalue weighted by atomic mass is 9.86. The van der Waals surface area contributed by atoms with E-state index < -0.39 is 5.60 Å². The number of amides is 1. The number of fused-ring (bicyclic) bond motifs is 1. The van der Waals surface area contributed by atoms with Crippen LogP contribution in [0.5, 0.6) is 0 Å². The van der Waals surface area contributed by atoms with Crippen LogP contribution in [0.1, 0.15) is 76.7 Å². The van der Waals surface area contributed by atoms with Crippen LogP contribution < -0.4 is 4.90 Å². The van der Waals surface area contributed by atoms with Crippen molar-refractivity contribution in [1.29, 1.82) is 5.26 Å². The molecule has 0 aromatic carbocycles. The van der Waals surface area contributed by atoms with Crippen LogP contribution >= 0.6 is 0 Å². The van der Waals surface area contributed by atoms with E-state index in [4.69, 9.17) is 4.74 Å². The van der Waals surface area contributed by atoms with Gasteiger partial charge in [0.2, 0.25) is 0 Å². The standard InChI is InChI=1S/C25H34N6O3/c1-16-12-30(24(33)34-25(3,4)5)17(2)11-29(16)22-21-19(14-32)13-31(23(21)28-15-27-22)20-8-6-7-18(9-20)10-26/h13-18,20H,6-9,11-12H2,1-5H3. The molecule has 1 saturated heterocycles. The molecule has 1 aliphatic heterocycles. The van der Waals surface area contributed by atoms with Crippen LogP contribution in [-0.2, 0) is 4.74 Å². The Hall–Kier alpha value is -3.15. The summed E-state index contributed by atoms with van der Waals surface area (Å²) in [7, 11) is 0. The summed E-state index contributed by atoms with van der Waals surface area (Å²) in [5.41, 5.74) is 0.728. The zero-order chi connectivity index (χ0) is 24.6. The number of hydrogen-bond acceptors (Lipinski definition) is 7. The second-order valence-electron chi connectivity index (χ2n) is 10.6. The average molecular weight is 467 g/mol. The van der Waals surface area contributed by atoms with Gasteiger partial charge in [0.1, 0.15) is 23.4 Å².